The van der Waals surface area contributed by atoms with Gasteiger partial charge in [-0.05, 0) is 52.0 Å². The highest BCUT2D eigenvalue weighted by Gasteiger charge is 2.25. The fourth-order valence-corrected chi connectivity index (χ4v) is 2.92. The number of benzene rings is 2. The van der Waals surface area contributed by atoms with E-state index < -0.39 is 22.9 Å². The number of carbonyl (C=O) groups excluding carboxylic acids is 2. The number of hydrogen-bond donors (Lipinski definition) is 1. The lowest BCUT2D eigenvalue weighted by Gasteiger charge is -2.18. The summed E-state index contributed by atoms with van der Waals surface area (Å²) in [5.41, 5.74) is -0.331. The number of carbonyl (C=O) groups is 2. The summed E-state index contributed by atoms with van der Waals surface area (Å²) in [5, 5.41) is 13.7. The summed E-state index contributed by atoms with van der Waals surface area (Å²) in [6.45, 7) is 7.73. The second kappa shape index (κ2) is 12.3. The Hall–Kier alpha value is -4.02. The molecule has 0 fully saturated rings. The molecule has 1 unspecified atom stereocenters. The summed E-state index contributed by atoms with van der Waals surface area (Å²) >= 11 is 0. The van der Waals surface area contributed by atoms with Gasteiger partial charge in [-0.15, -0.1) is 0 Å². The predicted molar refractivity (Wildman–Crippen MR) is 123 cm³/mol. The first-order valence-corrected chi connectivity index (χ1v) is 10.7. The molecule has 1 N–H and O–H groups in total. The molecule has 0 radical (unpaired) electrons. The van der Waals surface area contributed by atoms with Crippen molar-refractivity contribution < 1.29 is 38.2 Å². The first-order valence-electron chi connectivity index (χ1n) is 10.7. The second-order valence-corrected chi connectivity index (χ2v) is 6.78. The molecule has 0 saturated carbocycles. The van der Waals surface area contributed by atoms with Crippen LogP contribution in [0.1, 0.15) is 38.1 Å². The van der Waals surface area contributed by atoms with E-state index in [1.807, 2.05) is 0 Å². The van der Waals surface area contributed by atoms with Gasteiger partial charge >= 0.3 is 5.97 Å². The number of rotatable bonds is 12. The monoisotopic (exact) mass is 476 g/mol. The highest BCUT2D eigenvalue weighted by atomic mass is 16.6. The molecular weight excluding hydrogens is 448 g/mol. The van der Waals surface area contributed by atoms with Crippen LogP contribution < -0.4 is 24.3 Å². The van der Waals surface area contributed by atoms with E-state index >= 15 is 0 Å². The van der Waals surface area contributed by atoms with Crippen molar-refractivity contribution in [3.8, 4) is 23.0 Å². The van der Waals surface area contributed by atoms with Crippen LogP contribution in [0.5, 0.6) is 23.0 Å². The molecule has 0 spiro atoms. The minimum atomic E-state index is -1.26. The second-order valence-electron chi connectivity index (χ2n) is 6.78. The smallest absolute Gasteiger partial charge is 0.339 e. The van der Waals surface area contributed by atoms with Gasteiger partial charge in [-0.1, -0.05) is 0 Å². The molecule has 0 aliphatic heterocycles. The minimum absolute atomic E-state index is 0.0583. The van der Waals surface area contributed by atoms with Crippen molar-refractivity contribution in [2.24, 2.45) is 0 Å². The molecule has 0 aromatic heterocycles. The lowest BCUT2D eigenvalue weighted by Crippen LogP contribution is -2.30. The molecule has 184 valence electrons. The Labute approximate surface area is 197 Å². The predicted octanol–water partition coefficient (Wildman–Crippen LogP) is 3.98. The number of methoxy groups -OCH3 is 1. The minimum Gasteiger partial charge on any atom is -0.496 e. The van der Waals surface area contributed by atoms with Gasteiger partial charge in [-0.3, -0.25) is 14.9 Å². The average Bonchev–Trinajstić information content (AvgIpc) is 2.81. The van der Waals surface area contributed by atoms with Crippen molar-refractivity contribution >= 4 is 23.3 Å². The lowest BCUT2D eigenvalue weighted by atomic mass is 10.1. The van der Waals surface area contributed by atoms with Crippen LogP contribution in [0, 0.1) is 10.1 Å². The van der Waals surface area contributed by atoms with Gasteiger partial charge < -0.3 is 29.0 Å². The van der Waals surface area contributed by atoms with E-state index in [1.54, 1.807) is 20.8 Å². The molecule has 0 heterocycles. The van der Waals surface area contributed by atoms with E-state index in [0.717, 1.165) is 0 Å². The van der Waals surface area contributed by atoms with Gasteiger partial charge in [0, 0.05) is 0 Å². The topological polar surface area (TPSA) is 135 Å². The third kappa shape index (κ3) is 6.50. The van der Waals surface area contributed by atoms with E-state index in [-0.39, 0.29) is 22.7 Å². The zero-order chi connectivity index (χ0) is 25.3. The fourth-order valence-electron chi connectivity index (χ4n) is 2.92. The zero-order valence-electron chi connectivity index (χ0n) is 19.7. The maximum atomic E-state index is 12.8. The molecule has 0 aliphatic rings. The van der Waals surface area contributed by atoms with E-state index in [2.05, 4.69) is 5.32 Å². The number of ether oxygens (including phenoxy) is 5. The molecule has 2 aromatic carbocycles. The third-order valence-corrected chi connectivity index (χ3v) is 4.46. The summed E-state index contributed by atoms with van der Waals surface area (Å²) in [5.74, 6) is -0.337. The van der Waals surface area contributed by atoms with Gasteiger partial charge in [0.05, 0.1) is 43.5 Å². The molecule has 2 aromatic rings. The molecule has 11 nitrogen and oxygen atoms in total. The van der Waals surface area contributed by atoms with Crippen molar-refractivity contribution in [3.05, 3.63) is 46.0 Å². The number of nitro groups is 1. The van der Waals surface area contributed by atoms with Gasteiger partial charge in [-0.25, -0.2) is 4.79 Å². The van der Waals surface area contributed by atoms with Crippen LogP contribution >= 0.6 is 0 Å². The Balaban J connectivity index is 2.23. The van der Waals surface area contributed by atoms with Gasteiger partial charge in [0.15, 0.2) is 17.6 Å². The first kappa shape index (κ1) is 26.2. The van der Waals surface area contributed by atoms with Crippen LogP contribution in [0.15, 0.2) is 30.3 Å². The molecule has 34 heavy (non-hydrogen) atoms. The van der Waals surface area contributed by atoms with E-state index in [0.29, 0.717) is 37.1 Å². The highest BCUT2D eigenvalue weighted by molar-refractivity contribution is 5.99. The van der Waals surface area contributed by atoms with Crippen LogP contribution in [-0.4, -0.2) is 49.8 Å². The molecule has 1 atom stereocenters. The van der Waals surface area contributed by atoms with E-state index in [4.69, 9.17) is 23.7 Å². The highest BCUT2D eigenvalue weighted by Crippen LogP contribution is 2.39. The molecule has 2 rings (SSSR count). The Morgan fingerprint density at radius 2 is 1.59 bits per heavy atom. The number of nitrogens with one attached hydrogen (secondary N) is 1. The maximum Gasteiger partial charge on any atom is 0.339 e. The van der Waals surface area contributed by atoms with Gasteiger partial charge in [0.25, 0.3) is 11.6 Å². The maximum absolute atomic E-state index is 12.8. The van der Waals surface area contributed by atoms with Crippen LogP contribution in [-0.2, 0) is 9.53 Å². The van der Waals surface area contributed by atoms with Gasteiger partial charge in [-0.2, -0.15) is 0 Å². The van der Waals surface area contributed by atoms with Crippen molar-refractivity contribution in [2.75, 3.05) is 32.2 Å². The Kier molecular flexibility index (Phi) is 9.48. The molecule has 1 amide bonds. The Bertz CT molecular complexity index is 1010. The van der Waals surface area contributed by atoms with Crippen molar-refractivity contribution in [2.45, 2.75) is 33.8 Å². The van der Waals surface area contributed by atoms with Gasteiger partial charge in [0.1, 0.15) is 11.4 Å². The summed E-state index contributed by atoms with van der Waals surface area (Å²) in [7, 11) is 1.37. The Morgan fingerprint density at radius 3 is 2.09 bits per heavy atom. The van der Waals surface area contributed by atoms with E-state index in [1.165, 1.54) is 44.4 Å². The van der Waals surface area contributed by atoms with Crippen LogP contribution in [0.25, 0.3) is 0 Å². The summed E-state index contributed by atoms with van der Waals surface area (Å²) in [4.78, 5) is 36.0. The van der Waals surface area contributed by atoms with Crippen molar-refractivity contribution in [1.82, 2.24) is 0 Å². The number of hydrogen-bond acceptors (Lipinski definition) is 9. The lowest BCUT2D eigenvalue weighted by molar-refractivity contribution is -0.384. The zero-order valence-corrected chi connectivity index (χ0v) is 19.7. The first-order chi connectivity index (χ1) is 16.2. The standard InChI is InChI=1S/C23H28N2O9/c1-6-31-19-11-15(12-20(32-7-2)21(19)33-8-3)23(27)34-14(4)22(26)24-17-10-9-16(30-5)13-18(17)25(28)29/h9-14H,6-8H2,1-5H3,(H,24,26). The summed E-state index contributed by atoms with van der Waals surface area (Å²) in [6, 6.07) is 6.86. The SMILES string of the molecule is CCOc1cc(C(=O)OC(C)C(=O)Nc2ccc(OC)cc2[N+](=O)[O-])cc(OCC)c1OCC. The number of nitro benzene ring substituents is 1. The van der Waals surface area contributed by atoms with Gasteiger partial charge in [0.2, 0.25) is 5.75 Å². The number of nitrogens with zero attached hydrogens (tertiary/aromatic N) is 1. The van der Waals surface area contributed by atoms with E-state index in [9.17, 15) is 19.7 Å². The summed E-state index contributed by atoms with van der Waals surface area (Å²) in [6.07, 6.45) is -1.26. The van der Waals surface area contributed by atoms with Crippen LogP contribution in [0.4, 0.5) is 11.4 Å². The molecule has 0 saturated heterocycles. The molecule has 0 aliphatic carbocycles. The van der Waals surface area contributed by atoms with Crippen LogP contribution in [0.3, 0.4) is 0 Å². The normalized spacial score (nSPS) is 11.2. The van der Waals surface area contributed by atoms with Crippen molar-refractivity contribution in [3.63, 3.8) is 0 Å². The molecule has 0 bridgehead atoms. The molecule has 11 heteroatoms. The average molecular weight is 476 g/mol. The third-order valence-electron chi connectivity index (χ3n) is 4.46. The quantitative estimate of drug-likeness (QED) is 0.274. The largest absolute Gasteiger partial charge is 0.496 e. The van der Waals surface area contributed by atoms with Crippen LogP contribution in [0.2, 0.25) is 0 Å². The Morgan fingerprint density at radius 1 is 1.00 bits per heavy atom. The summed E-state index contributed by atoms with van der Waals surface area (Å²) < 4.78 is 27.0. The molecular formula is C23H28N2O9. The fraction of sp³-hybridized carbons (Fsp3) is 0.391. The van der Waals surface area contributed by atoms with Crippen molar-refractivity contribution in [1.29, 1.82) is 0 Å². The number of anilines is 1. The number of esters is 1. The number of amides is 1.